The van der Waals surface area contributed by atoms with Crippen molar-refractivity contribution in [2.24, 2.45) is 11.8 Å². The average Bonchev–Trinajstić information content (AvgIpc) is 3.30. The normalized spacial score (nSPS) is 21.8. The summed E-state index contributed by atoms with van der Waals surface area (Å²) < 4.78 is 0. The number of nitrogens with one attached hydrogen (secondary N) is 1. The minimum absolute atomic E-state index is 0.196. The van der Waals surface area contributed by atoms with Gasteiger partial charge in [-0.2, -0.15) is 0 Å². The van der Waals surface area contributed by atoms with E-state index in [1.54, 1.807) is 6.33 Å². The molecule has 0 radical (unpaired) electrons. The van der Waals surface area contributed by atoms with E-state index >= 15 is 0 Å². The fourth-order valence-corrected chi connectivity index (χ4v) is 2.80. The molecule has 1 aliphatic carbocycles. The van der Waals surface area contributed by atoms with Crippen LogP contribution in [0.4, 0.5) is 11.6 Å². The average molecular weight is 276 g/mol. The van der Waals surface area contributed by atoms with Crippen LogP contribution in [0.5, 0.6) is 0 Å². The molecule has 1 atom stereocenters. The molecule has 110 valence electrons. The molecule has 2 N–H and O–H groups in total. The second-order valence-corrected chi connectivity index (χ2v) is 6.15. The second kappa shape index (κ2) is 5.95. The molecule has 0 aromatic carbocycles. The lowest BCUT2D eigenvalue weighted by molar-refractivity contribution is 0.110. The van der Waals surface area contributed by atoms with Crippen LogP contribution in [0.15, 0.2) is 12.4 Å². The largest absolute Gasteiger partial charge is 0.393 e. The Bertz CT molecular complexity index is 439. The van der Waals surface area contributed by atoms with Crippen LogP contribution in [0.2, 0.25) is 0 Å². The number of anilines is 2. The molecule has 3 rings (SSSR count). The van der Waals surface area contributed by atoms with Gasteiger partial charge in [-0.15, -0.1) is 0 Å². The van der Waals surface area contributed by atoms with Crippen LogP contribution < -0.4 is 10.2 Å². The van der Waals surface area contributed by atoms with Crippen molar-refractivity contribution in [3.05, 3.63) is 12.4 Å². The van der Waals surface area contributed by atoms with Gasteiger partial charge in [0.25, 0.3) is 0 Å². The highest BCUT2D eigenvalue weighted by Gasteiger charge is 2.24. The van der Waals surface area contributed by atoms with Crippen LogP contribution in [-0.4, -0.2) is 40.8 Å². The Morgan fingerprint density at radius 2 is 2.05 bits per heavy atom. The molecule has 0 amide bonds. The van der Waals surface area contributed by atoms with Gasteiger partial charge in [0.1, 0.15) is 18.0 Å². The zero-order valence-corrected chi connectivity index (χ0v) is 12.1. The number of rotatable bonds is 5. The summed E-state index contributed by atoms with van der Waals surface area (Å²) in [5, 5.41) is 13.0. The van der Waals surface area contributed by atoms with Gasteiger partial charge in [-0.3, -0.25) is 0 Å². The second-order valence-electron chi connectivity index (χ2n) is 6.15. The molecule has 1 saturated carbocycles. The number of nitrogens with zero attached hydrogens (tertiary/aromatic N) is 3. The van der Waals surface area contributed by atoms with Crippen molar-refractivity contribution in [3.63, 3.8) is 0 Å². The van der Waals surface area contributed by atoms with Gasteiger partial charge < -0.3 is 15.3 Å². The molecule has 20 heavy (non-hydrogen) atoms. The molecule has 1 aliphatic heterocycles. The van der Waals surface area contributed by atoms with Crippen molar-refractivity contribution in [3.8, 4) is 0 Å². The maximum absolute atomic E-state index is 9.65. The predicted octanol–water partition coefficient (Wildman–Crippen LogP) is 1.90. The molecular formula is C15H24N4O. The topological polar surface area (TPSA) is 61.3 Å². The summed E-state index contributed by atoms with van der Waals surface area (Å²) in [5.41, 5.74) is 0. The van der Waals surface area contributed by atoms with Gasteiger partial charge in [-0.1, -0.05) is 0 Å². The van der Waals surface area contributed by atoms with Crippen molar-refractivity contribution >= 4 is 11.6 Å². The summed E-state index contributed by atoms with van der Waals surface area (Å²) in [6.07, 6.45) is 6.21. The van der Waals surface area contributed by atoms with Crippen LogP contribution in [0.3, 0.4) is 0 Å². The van der Waals surface area contributed by atoms with Gasteiger partial charge in [0, 0.05) is 25.7 Å². The molecule has 2 aliphatic rings. The third-order valence-electron chi connectivity index (χ3n) is 4.47. The maximum Gasteiger partial charge on any atom is 0.134 e. The summed E-state index contributed by atoms with van der Waals surface area (Å²) >= 11 is 0. The molecule has 5 nitrogen and oxygen atoms in total. The molecule has 2 fully saturated rings. The zero-order valence-electron chi connectivity index (χ0n) is 12.1. The first-order valence-electron chi connectivity index (χ1n) is 7.71. The molecule has 0 spiro atoms. The van der Waals surface area contributed by atoms with Crippen LogP contribution in [0.25, 0.3) is 0 Å². The molecule has 0 unspecified atom stereocenters. The third-order valence-corrected chi connectivity index (χ3v) is 4.47. The van der Waals surface area contributed by atoms with Crippen molar-refractivity contribution in [2.75, 3.05) is 29.9 Å². The fourth-order valence-electron chi connectivity index (χ4n) is 2.80. The molecular weight excluding hydrogens is 252 g/mol. The number of aliphatic hydroxyl groups excluding tert-OH is 1. The smallest absolute Gasteiger partial charge is 0.134 e. The Balaban J connectivity index is 1.57. The minimum Gasteiger partial charge on any atom is -0.393 e. The Hall–Kier alpha value is -1.36. The summed E-state index contributed by atoms with van der Waals surface area (Å²) in [4.78, 5) is 11.0. The highest BCUT2D eigenvalue weighted by Crippen LogP contribution is 2.29. The van der Waals surface area contributed by atoms with Crippen molar-refractivity contribution < 1.29 is 5.11 Å². The van der Waals surface area contributed by atoms with Crippen molar-refractivity contribution in [1.82, 2.24) is 9.97 Å². The molecule has 1 saturated heterocycles. The third kappa shape index (κ3) is 3.39. The molecule has 0 bridgehead atoms. The Kier molecular flexibility index (Phi) is 4.05. The van der Waals surface area contributed by atoms with E-state index in [4.69, 9.17) is 0 Å². The molecule has 1 aromatic rings. The van der Waals surface area contributed by atoms with Gasteiger partial charge in [-0.05, 0) is 44.4 Å². The van der Waals surface area contributed by atoms with Gasteiger partial charge in [-0.25, -0.2) is 9.97 Å². The first kappa shape index (κ1) is 13.6. The first-order chi connectivity index (χ1) is 9.72. The maximum atomic E-state index is 9.65. The summed E-state index contributed by atoms with van der Waals surface area (Å²) in [6.45, 7) is 4.86. The van der Waals surface area contributed by atoms with E-state index in [0.717, 1.165) is 50.0 Å². The van der Waals surface area contributed by atoms with Gasteiger partial charge >= 0.3 is 0 Å². The summed E-state index contributed by atoms with van der Waals surface area (Å²) in [5.74, 6) is 3.21. The van der Waals surface area contributed by atoms with Crippen LogP contribution in [0, 0.1) is 11.8 Å². The number of piperidine rings is 1. The standard InChI is InChI=1S/C15H24N4O/c1-11(20)13-4-6-19(7-5-13)15-8-14(17-10-18-15)16-9-12-2-3-12/h8,10-13,20H,2-7,9H2,1H3,(H,16,17,18)/t11-/m1/s1. The van der Waals surface area contributed by atoms with Gasteiger partial charge in [0.2, 0.25) is 0 Å². The van der Waals surface area contributed by atoms with Gasteiger partial charge in [0.15, 0.2) is 0 Å². The molecule has 1 aromatic heterocycles. The van der Waals surface area contributed by atoms with E-state index in [2.05, 4.69) is 20.2 Å². The van der Waals surface area contributed by atoms with E-state index < -0.39 is 0 Å². The lowest BCUT2D eigenvalue weighted by Crippen LogP contribution is -2.37. The Morgan fingerprint density at radius 1 is 1.30 bits per heavy atom. The zero-order chi connectivity index (χ0) is 13.9. The molecule has 2 heterocycles. The summed E-state index contributed by atoms with van der Waals surface area (Å²) in [6, 6.07) is 2.05. The molecule has 5 heteroatoms. The highest BCUT2D eigenvalue weighted by molar-refractivity contribution is 5.48. The Morgan fingerprint density at radius 3 is 2.70 bits per heavy atom. The van der Waals surface area contributed by atoms with Gasteiger partial charge in [0.05, 0.1) is 6.10 Å². The predicted molar refractivity (Wildman–Crippen MR) is 79.9 cm³/mol. The number of aromatic nitrogens is 2. The van der Waals surface area contributed by atoms with E-state index in [9.17, 15) is 5.11 Å². The van der Waals surface area contributed by atoms with Crippen LogP contribution >= 0.6 is 0 Å². The van der Waals surface area contributed by atoms with Crippen molar-refractivity contribution in [2.45, 2.75) is 38.7 Å². The van der Waals surface area contributed by atoms with E-state index in [0.29, 0.717) is 5.92 Å². The number of aliphatic hydroxyl groups is 1. The van der Waals surface area contributed by atoms with Crippen molar-refractivity contribution in [1.29, 1.82) is 0 Å². The van der Waals surface area contributed by atoms with Crippen LogP contribution in [-0.2, 0) is 0 Å². The number of hydrogen-bond donors (Lipinski definition) is 2. The number of hydrogen-bond acceptors (Lipinski definition) is 5. The SMILES string of the molecule is C[C@@H](O)C1CCN(c2cc(NCC3CC3)ncn2)CC1. The lowest BCUT2D eigenvalue weighted by atomic mass is 9.92. The van der Waals surface area contributed by atoms with E-state index in [-0.39, 0.29) is 6.10 Å². The quantitative estimate of drug-likeness (QED) is 0.860. The summed E-state index contributed by atoms with van der Waals surface area (Å²) in [7, 11) is 0. The van der Waals surface area contributed by atoms with E-state index in [1.165, 1.54) is 12.8 Å². The monoisotopic (exact) mass is 276 g/mol. The van der Waals surface area contributed by atoms with E-state index in [1.807, 2.05) is 13.0 Å². The Labute approximate surface area is 120 Å². The van der Waals surface area contributed by atoms with Crippen LogP contribution in [0.1, 0.15) is 32.6 Å². The lowest BCUT2D eigenvalue weighted by Gasteiger charge is -2.34. The highest BCUT2D eigenvalue weighted by atomic mass is 16.3. The fraction of sp³-hybridized carbons (Fsp3) is 0.733. The minimum atomic E-state index is -0.196. The first-order valence-corrected chi connectivity index (χ1v) is 7.71.